The van der Waals surface area contributed by atoms with Crippen LogP contribution in [0.25, 0.3) is 0 Å². The van der Waals surface area contributed by atoms with Gasteiger partial charge in [-0.1, -0.05) is 41.4 Å². The molecule has 0 aliphatic rings. The number of halogens is 3. The van der Waals surface area contributed by atoms with Gasteiger partial charge in [0, 0.05) is 15.2 Å². The van der Waals surface area contributed by atoms with Crippen LogP contribution >= 0.6 is 39.1 Å². The Labute approximate surface area is 129 Å². The Morgan fingerprint density at radius 3 is 2.53 bits per heavy atom. The van der Waals surface area contributed by atoms with Crippen LogP contribution in [0.5, 0.6) is 0 Å². The second-order valence-electron chi connectivity index (χ2n) is 3.95. The Kier molecular flexibility index (Phi) is 4.86. The summed E-state index contributed by atoms with van der Waals surface area (Å²) in [5, 5.41) is 3.99. The van der Waals surface area contributed by atoms with Crippen LogP contribution in [-0.4, -0.2) is 5.91 Å². The van der Waals surface area contributed by atoms with E-state index in [0.717, 1.165) is 10.0 Å². The van der Waals surface area contributed by atoms with Crippen molar-refractivity contribution < 1.29 is 4.79 Å². The number of hydrogen-bond acceptors (Lipinski definition) is 1. The predicted octanol–water partition coefficient (Wildman–Crippen LogP) is 4.94. The summed E-state index contributed by atoms with van der Waals surface area (Å²) in [6, 6.07) is 12.5. The molecule has 0 aliphatic carbocycles. The van der Waals surface area contributed by atoms with Gasteiger partial charge in [-0.05, 0) is 45.8 Å². The summed E-state index contributed by atoms with van der Waals surface area (Å²) >= 11 is 15.2. The van der Waals surface area contributed by atoms with Gasteiger partial charge in [-0.25, -0.2) is 0 Å². The first-order valence-electron chi connectivity index (χ1n) is 5.54. The smallest absolute Gasteiger partial charge is 0.228 e. The highest BCUT2D eigenvalue weighted by molar-refractivity contribution is 9.10. The maximum atomic E-state index is 11.9. The summed E-state index contributed by atoms with van der Waals surface area (Å²) in [4.78, 5) is 11.9. The molecule has 2 aromatic rings. The Morgan fingerprint density at radius 1 is 1.11 bits per heavy atom. The van der Waals surface area contributed by atoms with E-state index in [2.05, 4.69) is 21.2 Å². The van der Waals surface area contributed by atoms with Gasteiger partial charge in [-0.15, -0.1) is 0 Å². The Hall–Kier alpha value is -1.03. The third-order valence-electron chi connectivity index (χ3n) is 2.51. The number of rotatable bonds is 3. The number of amides is 1. The van der Waals surface area contributed by atoms with Crippen molar-refractivity contribution in [2.45, 2.75) is 6.42 Å². The van der Waals surface area contributed by atoms with Crippen molar-refractivity contribution in [1.82, 2.24) is 0 Å². The third-order valence-corrected chi connectivity index (χ3v) is 4.09. The van der Waals surface area contributed by atoms with Gasteiger partial charge >= 0.3 is 0 Å². The topological polar surface area (TPSA) is 29.1 Å². The SMILES string of the molecule is O=C(Cc1ccccc1Cl)Nc1ccc(Cl)c(Br)c1. The van der Waals surface area contributed by atoms with Gasteiger partial charge in [0.2, 0.25) is 5.91 Å². The maximum Gasteiger partial charge on any atom is 0.228 e. The highest BCUT2D eigenvalue weighted by atomic mass is 79.9. The van der Waals surface area contributed by atoms with E-state index < -0.39 is 0 Å². The van der Waals surface area contributed by atoms with Gasteiger partial charge in [-0.2, -0.15) is 0 Å². The summed E-state index contributed by atoms with van der Waals surface area (Å²) in [5.41, 5.74) is 1.49. The largest absolute Gasteiger partial charge is 0.326 e. The minimum Gasteiger partial charge on any atom is -0.326 e. The van der Waals surface area contributed by atoms with E-state index in [-0.39, 0.29) is 12.3 Å². The number of anilines is 1. The zero-order valence-electron chi connectivity index (χ0n) is 9.79. The van der Waals surface area contributed by atoms with Gasteiger partial charge in [0.1, 0.15) is 0 Å². The number of benzene rings is 2. The highest BCUT2D eigenvalue weighted by Crippen LogP contribution is 2.25. The first-order chi connectivity index (χ1) is 9.06. The molecule has 98 valence electrons. The number of carbonyl (C=O) groups is 1. The minimum atomic E-state index is -0.123. The monoisotopic (exact) mass is 357 g/mol. The fraction of sp³-hybridized carbons (Fsp3) is 0.0714. The van der Waals surface area contributed by atoms with Crippen molar-refractivity contribution >= 4 is 50.7 Å². The van der Waals surface area contributed by atoms with Crippen molar-refractivity contribution in [3.05, 3.63) is 62.5 Å². The van der Waals surface area contributed by atoms with Gasteiger partial charge in [0.05, 0.1) is 11.4 Å². The van der Waals surface area contributed by atoms with Crippen molar-refractivity contribution in [2.24, 2.45) is 0 Å². The molecule has 2 nitrogen and oxygen atoms in total. The van der Waals surface area contributed by atoms with Crippen LogP contribution in [0.4, 0.5) is 5.69 Å². The molecule has 2 aromatic carbocycles. The molecule has 0 atom stereocenters. The van der Waals surface area contributed by atoms with Crippen LogP contribution in [0, 0.1) is 0 Å². The summed E-state index contributed by atoms with van der Waals surface area (Å²) < 4.78 is 0.740. The van der Waals surface area contributed by atoms with Crippen LogP contribution in [-0.2, 0) is 11.2 Å². The average molecular weight is 359 g/mol. The number of carbonyl (C=O) groups excluding carboxylic acids is 1. The molecule has 1 amide bonds. The fourth-order valence-corrected chi connectivity index (χ4v) is 2.29. The van der Waals surface area contributed by atoms with Gasteiger partial charge in [0.25, 0.3) is 0 Å². The second kappa shape index (κ2) is 6.42. The average Bonchev–Trinajstić information content (AvgIpc) is 2.37. The molecule has 0 bridgehead atoms. The van der Waals surface area contributed by atoms with E-state index in [1.165, 1.54) is 0 Å². The number of nitrogens with one attached hydrogen (secondary N) is 1. The van der Waals surface area contributed by atoms with Crippen LogP contribution in [0.3, 0.4) is 0 Å². The molecule has 5 heteroatoms. The summed E-state index contributed by atoms with van der Waals surface area (Å²) in [5.74, 6) is -0.123. The maximum absolute atomic E-state index is 11.9. The normalized spacial score (nSPS) is 10.3. The summed E-state index contributed by atoms with van der Waals surface area (Å²) in [6.45, 7) is 0. The van der Waals surface area contributed by atoms with E-state index in [1.807, 2.05) is 18.2 Å². The molecular weight excluding hydrogens is 349 g/mol. The first-order valence-corrected chi connectivity index (χ1v) is 7.09. The van der Waals surface area contributed by atoms with Crippen molar-refractivity contribution in [3.63, 3.8) is 0 Å². The Balaban J connectivity index is 2.05. The van der Waals surface area contributed by atoms with Crippen LogP contribution in [0.15, 0.2) is 46.9 Å². The molecule has 0 radical (unpaired) electrons. The van der Waals surface area contributed by atoms with Crippen LogP contribution in [0.1, 0.15) is 5.56 Å². The van der Waals surface area contributed by atoms with E-state index >= 15 is 0 Å². The fourth-order valence-electron chi connectivity index (χ4n) is 1.59. The second-order valence-corrected chi connectivity index (χ2v) is 5.61. The predicted molar refractivity (Wildman–Crippen MR) is 82.9 cm³/mol. The lowest BCUT2D eigenvalue weighted by Crippen LogP contribution is -2.14. The third kappa shape index (κ3) is 3.96. The zero-order valence-corrected chi connectivity index (χ0v) is 12.9. The van der Waals surface area contributed by atoms with E-state index in [0.29, 0.717) is 15.7 Å². The molecule has 19 heavy (non-hydrogen) atoms. The van der Waals surface area contributed by atoms with Crippen LogP contribution in [0.2, 0.25) is 10.0 Å². The lowest BCUT2D eigenvalue weighted by atomic mass is 10.1. The van der Waals surface area contributed by atoms with Crippen molar-refractivity contribution in [3.8, 4) is 0 Å². The van der Waals surface area contributed by atoms with Crippen molar-refractivity contribution in [2.75, 3.05) is 5.32 Å². The summed E-state index contributed by atoms with van der Waals surface area (Å²) in [6.07, 6.45) is 0.236. The minimum absolute atomic E-state index is 0.123. The highest BCUT2D eigenvalue weighted by Gasteiger charge is 2.07. The zero-order chi connectivity index (χ0) is 13.8. The van der Waals surface area contributed by atoms with Gasteiger partial charge in [0.15, 0.2) is 0 Å². The quantitative estimate of drug-likeness (QED) is 0.827. The molecule has 0 spiro atoms. The van der Waals surface area contributed by atoms with Gasteiger partial charge < -0.3 is 5.32 Å². The molecule has 2 rings (SSSR count). The lowest BCUT2D eigenvalue weighted by Gasteiger charge is -2.07. The van der Waals surface area contributed by atoms with E-state index in [4.69, 9.17) is 23.2 Å². The molecule has 0 heterocycles. The molecular formula is C14H10BrCl2NO. The molecule has 0 saturated heterocycles. The lowest BCUT2D eigenvalue weighted by molar-refractivity contribution is -0.115. The Morgan fingerprint density at radius 2 is 1.84 bits per heavy atom. The van der Waals surface area contributed by atoms with Crippen LogP contribution < -0.4 is 5.32 Å². The number of hydrogen-bond donors (Lipinski definition) is 1. The van der Waals surface area contributed by atoms with E-state index in [1.54, 1.807) is 24.3 Å². The Bertz CT molecular complexity index is 616. The standard InChI is InChI=1S/C14H10BrCl2NO/c15-11-8-10(5-6-13(11)17)18-14(19)7-9-3-1-2-4-12(9)16/h1-6,8H,7H2,(H,18,19). The molecule has 0 fully saturated rings. The molecule has 0 unspecified atom stereocenters. The van der Waals surface area contributed by atoms with Crippen molar-refractivity contribution in [1.29, 1.82) is 0 Å². The molecule has 0 saturated carbocycles. The van der Waals surface area contributed by atoms with Gasteiger partial charge in [-0.3, -0.25) is 4.79 Å². The summed E-state index contributed by atoms with van der Waals surface area (Å²) in [7, 11) is 0. The van der Waals surface area contributed by atoms with E-state index in [9.17, 15) is 4.79 Å². The molecule has 0 aromatic heterocycles. The molecule has 1 N–H and O–H groups in total. The first kappa shape index (κ1) is 14.4. The molecule has 0 aliphatic heterocycles.